The minimum atomic E-state index is -0.636. The van der Waals surface area contributed by atoms with Gasteiger partial charge >= 0.3 is 0 Å². The van der Waals surface area contributed by atoms with Gasteiger partial charge < -0.3 is 0 Å². The van der Waals surface area contributed by atoms with Crippen LogP contribution in [0.3, 0.4) is 0 Å². The molecule has 0 N–H and O–H groups in total. The number of fused-ring (bicyclic) bond motifs is 5. The molecule has 0 fully saturated rings. The maximum Gasteiger partial charge on any atom is 0.164 e. The molecule has 0 aliphatic heterocycles. The second kappa shape index (κ2) is 13.9. The standard InChI is InChI=1S/C55H34N4/c56-35-40-22-14-32-48-50(40)51-45(29-15-33-49(51)55(48,41-23-3-1-4-24-41)42-25-5-2-6-26-42)38-20-11-21-39(34-38)52-57-53(46-30-12-18-36-16-7-9-27-43(36)46)59-54(58-52)47-31-13-19-37-17-8-10-28-44(37)47/h1-34H. The third-order valence-corrected chi connectivity index (χ3v) is 11.8. The van der Waals surface area contributed by atoms with Crippen molar-refractivity contribution in [2.75, 3.05) is 0 Å². The van der Waals surface area contributed by atoms with Crippen LogP contribution in [0.5, 0.6) is 0 Å². The molecule has 0 bridgehead atoms. The smallest absolute Gasteiger partial charge is 0.164 e. The molecule has 0 spiro atoms. The molecule has 274 valence electrons. The summed E-state index contributed by atoms with van der Waals surface area (Å²) in [6, 6.07) is 74.4. The van der Waals surface area contributed by atoms with Crippen molar-refractivity contribution in [2.45, 2.75) is 5.41 Å². The minimum absolute atomic E-state index is 0.585. The molecular formula is C55H34N4. The van der Waals surface area contributed by atoms with Gasteiger partial charge in [0.05, 0.1) is 17.0 Å². The van der Waals surface area contributed by atoms with Crippen LogP contribution in [-0.2, 0) is 5.41 Å². The van der Waals surface area contributed by atoms with Gasteiger partial charge in [-0.25, -0.2) is 15.0 Å². The average molecular weight is 751 g/mol. The highest BCUT2D eigenvalue weighted by atomic mass is 15.0. The zero-order valence-electron chi connectivity index (χ0n) is 31.9. The summed E-state index contributed by atoms with van der Waals surface area (Å²) in [4.78, 5) is 15.7. The van der Waals surface area contributed by atoms with E-state index in [4.69, 9.17) is 15.0 Å². The van der Waals surface area contributed by atoms with E-state index in [2.05, 4.69) is 200 Å². The van der Waals surface area contributed by atoms with E-state index < -0.39 is 5.41 Å². The molecule has 0 atom stereocenters. The average Bonchev–Trinajstić information content (AvgIpc) is 3.63. The number of benzene rings is 9. The summed E-state index contributed by atoms with van der Waals surface area (Å²) in [6.07, 6.45) is 0. The summed E-state index contributed by atoms with van der Waals surface area (Å²) in [5.74, 6) is 1.81. The first-order chi connectivity index (χ1) is 29.2. The number of rotatable bonds is 6. The van der Waals surface area contributed by atoms with E-state index in [1.807, 2.05) is 12.1 Å². The molecule has 9 aromatic carbocycles. The van der Waals surface area contributed by atoms with Crippen LogP contribution in [0.25, 0.3) is 78.0 Å². The monoisotopic (exact) mass is 750 g/mol. The lowest BCUT2D eigenvalue weighted by Gasteiger charge is -2.34. The Hall–Kier alpha value is -8.00. The summed E-state index contributed by atoms with van der Waals surface area (Å²) >= 11 is 0. The van der Waals surface area contributed by atoms with E-state index >= 15 is 0 Å². The molecule has 0 saturated heterocycles. The quantitative estimate of drug-likeness (QED) is 0.170. The Bertz CT molecular complexity index is 3140. The number of nitriles is 1. The molecule has 0 radical (unpaired) electrons. The van der Waals surface area contributed by atoms with Crippen molar-refractivity contribution >= 4 is 21.5 Å². The molecule has 4 heteroatoms. The van der Waals surface area contributed by atoms with Gasteiger partial charge in [0, 0.05) is 22.3 Å². The van der Waals surface area contributed by atoms with Gasteiger partial charge in [0.1, 0.15) is 0 Å². The van der Waals surface area contributed by atoms with Crippen LogP contribution in [0, 0.1) is 11.3 Å². The van der Waals surface area contributed by atoms with Crippen LogP contribution in [0.2, 0.25) is 0 Å². The predicted octanol–water partition coefficient (Wildman–Crippen LogP) is 13.1. The van der Waals surface area contributed by atoms with Crippen molar-refractivity contribution in [3.8, 4) is 62.5 Å². The van der Waals surface area contributed by atoms with Crippen LogP contribution >= 0.6 is 0 Å². The van der Waals surface area contributed by atoms with Crippen molar-refractivity contribution in [3.05, 3.63) is 234 Å². The Balaban J connectivity index is 1.15. The third kappa shape index (κ3) is 5.40. The van der Waals surface area contributed by atoms with Crippen LogP contribution < -0.4 is 0 Å². The molecule has 1 aliphatic carbocycles. The highest BCUT2D eigenvalue weighted by Crippen LogP contribution is 2.59. The second-order valence-electron chi connectivity index (χ2n) is 15.0. The van der Waals surface area contributed by atoms with E-state index in [0.29, 0.717) is 23.0 Å². The first-order valence-electron chi connectivity index (χ1n) is 19.8. The Labute approximate surface area is 342 Å². The van der Waals surface area contributed by atoms with E-state index in [1.165, 1.54) is 0 Å². The fourth-order valence-corrected chi connectivity index (χ4v) is 9.32. The summed E-state index contributed by atoms with van der Waals surface area (Å²) in [5, 5.41) is 15.1. The van der Waals surface area contributed by atoms with Gasteiger partial charge in [-0.1, -0.05) is 194 Å². The van der Waals surface area contributed by atoms with Crippen molar-refractivity contribution in [1.82, 2.24) is 15.0 Å². The maximum atomic E-state index is 10.7. The van der Waals surface area contributed by atoms with Gasteiger partial charge in [0.25, 0.3) is 0 Å². The fraction of sp³-hybridized carbons (Fsp3) is 0.0182. The molecule has 1 aliphatic rings. The molecule has 0 saturated carbocycles. The third-order valence-electron chi connectivity index (χ3n) is 11.8. The number of aromatic nitrogens is 3. The zero-order valence-corrected chi connectivity index (χ0v) is 31.9. The maximum absolute atomic E-state index is 10.7. The summed E-state index contributed by atoms with van der Waals surface area (Å²) < 4.78 is 0. The lowest BCUT2D eigenvalue weighted by molar-refractivity contribution is 0.768. The molecule has 1 heterocycles. The molecule has 0 unspecified atom stereocenters. The normalized spacial score (nSPS) is 12.5. The van der Waals surface area contributed by atoms with Gasteiger partial charge in [0.2, 0.25) is 0 Å². The molecule has 1 aromatic heterocycles. The first-order valence-corrected chi connectivity index (χ1v) is 19.8. The van der Waals surface area contributed by atoms with E-state index in [0.717, 1.165) is 82.7 Å². The SMILES string of the molecule is N#Cc1cccc2c1-c1c(-c3cccc(-c4nc(-c5cccc6ccccc56)nc(-c5cccc6ccccc56)n4)c3)cccc1C2(c1ccccc1)c1ccccc1. The lowest BCUT2D eigenvalue weighted by Crippen LogP contribution is -2.28. The topological polar surface area (TPSA) is 62.5 Å². The molecule has 10 aromatic rings. The molecular weight excluding hydrogens is 717 g/mol. The van der Waals surface area contributed by atoms with Crippen LogP contribution in [0.15, 0.2) is 206 Å². The van der Waals surface area contributed by atoms with Gasteiger partial charge in [-0.2, -0.15) is 5.26 Å². The Kier molecular flexibility index (Phi) is 8.06. The number of hydrogen-bond donors (Lipinski definition) is 0. The van der Waals surface area contributed by atoms with Gasteiger partial charge in [-0.3, -0.25) is 0 Å². The highest BCUT2D eigenvalue weighted by molar-refractivity contribution is 5.99. The summed E-state index contributed by atoms with van der Waals surface area (Å²) in [6.45, 7) is 0. The van der Waals surface area contributed by atoms with Crippen molar-refractivity contribution < 1.29 is 0 Å². The summed E-state index contributed by atoms with van der Waals surface area (Å²) in [5.41, 5.74) is 11.4. The van der Waals surface area contributed by atoms with Gasteiger partial charge in [-0.05, 0) is 72.6 Å². The van der Waals surface area contributed by atoms with Crippen molar-refractivity contribution in [1.29, 1.82) is 5.26 Å². The first kappa shape index (κ1) is 34.3. The van der Waals surface area contributed by atoms with Crippen LogP contribution in [0.4, 0.5) is 0 Å². The van der Waals surface area contributed by atoms with Crippen molar-refractivity contribution in [3.63, 3.8) is 0 Å². The van der Waals surface area contributed by atoms with Gasteiger partial charge in [0.15, 0.2) is 17.5 Å². The molecule has 0 amide bonds. The predicted molar refractivity (Wildman–Crippen MR) is 239 cm³/mol. The van der Waals surface area contributed by atoms with Crippen LogP contribution in [-0.4, -0.2) is 15.0 Å². The lowest BCUT2D eigenvalue weighted by atomic mass is 9.67. The summed E-state index contributed by atoms with van der Waals surface area (Å²) in [7, 11) is 0. The van der Waals surface area contributed by atoms with E-state index in [9.17, 15) is 5.26 Å². The minimum Gasteiger partial charge on any atom is -0.208 e. The molecule has 59 heavy (non-hydrogen) atoms. The largest absolute Gasteiger partial charge is 0.208 e. The second-order valence-corrected chi connectivity index (χ2v) is 15.0. The number of hydrogen-bond acceptors (Lipinski definition) is 4. The molecule has 11 rings (SSSR count). The van der Waals surface area contributed by atoms with Crippen molar-refractivity contribution in [2.24, 2.45) is 0 Å². The Morgan fingerprint density at radius 2 is 0.831 bits per heavy atom. The van der Waals surface area contributed by atoms with Gasteiger partial charge in [-0.15, -0.1) is 0 Å². The van der Waals surface area contributed by atoms with Crippen LogP contribution in [0.1, 0.15) is 27.8 Å². The number of nitrogens with zero attached hydrogens (tertiary/aromatic N) is 4. The zero-order chi connectivity index (χ0) is 39.3. The van der Waals surface area contributed by atoms with E-state index in [1.54, 1.807) is 0 Å². The highest BCUT2D eigenvalue weighted by Gasteiger charge is 2.47. The Morgan fingerprint density at radius 3 is 1.44 bits per heavy atom. The molecule has 4 nitrogen and oxygen atoms in total. The Morgan fingerprint density at radius 1 is 0.373 bits per heavy atom. The fourth-order valence-electron chi connectivity index (χ4n) is 9.32. The van der Waals surface area contributed by atoms with E-state index in [-0.39, 0.29) is 0 Å².